The first kappa shape index (κ1) is 18.0. The zero-order valence-electron chi connectivity index (χ0n) is 15.4. The Labute approximate surface area is 163 Å². The number of piperazine rings is 1. The standard InChI is InChI=1S/C22H21FN4O/c23-19-8-4-5-9-20(19)25-22(28)17-10-11-24-21(16-17)27-14-12-26(13-15-27)18-6-2-1-3-7-18/h1-11,16H,12-15H2,(H,25,28). The third-order valence-corrected chi connectivity index (χ3v) is 4.85. The number of amides is 1. The molecule has 0 spiro atoms. The first-order valence-corrected chi connectivity index (χ1v) is 9.27. The lowest BCUT2D eigenvalue weighted by atomic mass is 10.2. The van der Waals surface area contributed by atoms with Crippen molar-refractivity contribution in [2.24, 2.45) is 0 Å². The van der Waals surface area contributed by atoms with Gasteiger partial charge in [-0.2, -0.15) is 0 Å². The number of nitrogens with one attached hydrogen (secondary N) is 1. The lowest BCUT2D eigenvalue weighted by Crippen LogP contribution is -2.46. The second-order valence-corrected chi connectivity index (χ2v) is 6.65. The van der Waals surface area contributed by atoms with Crippen LogP contribution in [0.5, 0.6) is 0 Å². The molecule has 5 nitrogen and oxygen atoms in total. The molecule has 1 aliphatic heterocycles. The van der Waals surface area contributed by atoms with E-state index in [0.29, 0.717) is 5.56 Å². The summed E-state index contributed by atoms with van der Waals surface area (Å²) in [7, 11) is 0. The maximum absolute atomic E-state index is 13.8. The van der Waals surface area contributed by atoms with Crippen molar-refractivity contribution < 1.29 is 9.18 Å². The molecule has 142 valence electrons. The number of aromatic nitrogens is 1. The number of pyridine rings is 1. The minimum atomic E-state index is -0.456. The summed E-state index contributed by atoms with van der Waals surface area (Å²) in [6.07, 6.45) is 1.62. The van der Waals surface area contributed by atoms with Gasteiger partial charge >= 0.3 is 0 Å². The minimum Gasteiger partial charge on any atom is -0.368 e. The van der Waals surface area contributed by atoms with Gasteiger partial charge in [-0.05, 0) is 36.4 Å². The van der Waals surface area contributed by atoms with Crippen LogP contribution in [-0.2, 0) is 0 Å². The number of nitrogens with zero attached hydrogens (tertiary/aromatic N) is 3. The van der Waals surface area contributed by atoms with Crippen LogP contribution in [0, 0.1) is 5.82 Å². The van der Waals surface area contributed by atoms with Gasteiger partial charge in [0.15, 0.2) is 0 Å². The molecule has 0 atom stereocenters. The summed E-state index contributed by atoms with van der Waals surface area (Å²) in [6, 6.07) is 19.9. The second kappa shape index (κ2) is 8.08. The van der Waals surface area contributed by atoms with Crippen LogP contribution in [0.2, 0.25) is 0 Å². The van der Waals surface area contributed by atoms with Gasteiger partial charge in [0.2, 0.25) is 0 Å². The van der Waals surface area contributed by atoms with E-state index < -0.39 is 5.82 Å². The molecule has 4 rings (SSSR count). The Balaban J connectivity index is 1.43. The molecule has 28 heavy (non-hydrogen) atoms. The van der Waals surface area contributed by atoms with Crippen molar-refractivity contribution in [1.82, 2.24) is 4.98 Å². The highest BCUT2D eigenvalue weighted by atomic mass is 19.1. The van der Waals surface area contributed by atoms with Crippen LogP contribution < -0.4 is 15.1 Å². The van der Waals surface area contributed by atoms with E-state index in [0.717, 1.165) is 32.0 Å². The fourth-order valence-corrected chi connectivity index (χ4v) is 3.32. The summed E-state index contributed by atoms with van der Waals surface area (Å²) in [6.45, 7) is 3.41. The van der Waals surface area contributed by atoms with E-state index in [1.54, 1.807) is 30.5 Å². The second-order valence-electron chi connectivity index (χ2n) is 6.65. The molecule has 3 aromatic rings. The van der Waals surface area contributed by atoms with Crippen molar-refractivity contribution in [2.75, 3.05) is 41.3 Å². The molecular formula is C22H21FN4O. The number of anilines is 3. The number of benzene rings is 2. The average Bonchev–Trinajstić information content (AvgIpc) is 2.76. The number of hydrogen-bond donors (Lipinski definition) is 1. The molecule has 0 radical (unpaired) electrons. The van der Waals surface area contributed by atoms with Crippen molar-refractivity contribution in [3.05, 3.63) is 84.3 Å². The maximum Gasteiger partial charge on any atom is 0.255 e. The van der Waals surface area contributed by atoms with E-state index in [2.05, 4.69) is 32.2 Å². The number of rotatable bonds is 4. The lowest BCUT2D eigenvalue weighted by Gasteiger charge is -2.36. The van der Waals surface area contributed by atoms with E-state index in [-0.39, 0.29) is 11.6 Å². The molecule has 1 amide bonds. The van der Waals surface area contributed by atoms with E-state index in [1.807, 2.05) is 18.2 Å². The van der Waals surface area contributed by atoms with Gasteiger partial charge in [0.25, 0.3) is 5.91 Å². The van der Waals surface area contributed by atoms with Crippen molar-refractivity contribution in [3.63, 3.8) is 0 Å². The van der Waals surface area contributed by atoms with Gasteiger partial charge in [-0.25, -0.2) is 9.37 Å². The Bertz CT molecular complexity index is 956. The highest BCUT2D eigenvalue weighted by molar-refractivity contribution is 6.04. The zero-order valence-corrected chi connectivity index (χ0v) is 15.4. The molecule has 1 saturated heterocycles. The first-order valence-electron chi connectivity index (χ1n) is 9.27. The van der Waals surface area contributed by atoms with Crippen LogP contribution in [0.4, 0.5) is 21.6 Å². The van der Waals surface area contributed by atoms with Crippen molar-refractivity contribution in [1.29, 1.82) is 0 Å². The SMILES string of the molecule is O=C(Nc1ccccc1F)c1ccnc(N2CCN(c3ccccc3)CC2)c1. The van der Waals surface area contributed by atoms with Crippen LogP contribution in [0.1, 0.15) is 10.4 Å². The molecule has 1 N–H and O–H groups in total. The summed E-state index contributed by atoms with van der Waals surface area (Å²) < 4.78 is 13.8. The zero-order chi connectivity index (χ0) is 19.3. The number of para-hydroxylation sites is 2. The Kier molecular flexibility index (Phi) is 5.19. The molecule has 2 aromatic carbocycles. The van der Waals surface area contributed by atoms with Crippen LogP contribution in [0.3, 0.4) is 0 Å². The number of carbonyl (C=O) groups excluding carboxylic acids is 1. The maximum atomic E-state index is 13.8. The van der Waals surface area contributed by atoms with Crippen LogP contribution >= 0.6 is 0 Å². The van der Waals surface area contributed by atoms with Gasteiger partial charge in [0, 0.05) is 43.6 Å². The molecule has 6 heteroatoms. The summed E-state index contributed by atoms with van der Waals surface area (Å²) in [5, 5.41) is 2.62. The van der Waals surface area contributed by atoms with E-state index >= 15 is 0 Å². The first-order chi connectivity index (χ1) is 13.7. The Morgan fingerprint density at radius 1 is 0.893 bits per heavy atom. The normalized spacial score (nSPS) is 14.0. The third-order valence-electron chi connectivity index (χ3n) is 4.85. The van der Waals surface area contributed by atoms with E-state index in [1.165, 1.54) is 17.8 Å². The Hall–Kier alpha value is -3.41. The van der Waals surface area contributed by atoms with Gasteiger partial charge in [-0.3, -0.25) is 4.79 Å². The monoisotopic (exact) mass is 376 g/mol. The summed E-state index contributed by atoms with van der Waals surface area (Å²) in [5.41, 5.74) is 1.84. The predicted molar refractivity (Wildman–Crippen MR) is 109 cm³/mol. The average molecular weight is 376 g/mol. The fourth-order valence-electron chi connectivity index (χ4n) is 3.32. The highest BCUT2D eigenvalue weighted by Gasteiger charge is 2.19. The Morgan fingerprint density at radius 3 is 2.32 bits per heavy atom. The smallest absolute Gasteiger partial charge is 0.255 e. The van der Waals surface area contributed by atoms with Gasteiger partial charge in [0.1, 0.15) is 11.6 Å². The van der Waals surface area contributed by atoms with E-state index in [9.17, 15) is 9.18 Å². The molecule has 0 saturated carbocycles. The molecule has 0 unspecified atom stereocenters. The molecule has 0 aliphatic carbocycles. The van der Waals surface area contributed by atoms with Crippen molar-refractivity contribution >= 4 is 23.1 Å². The summed E-state index contributed by atoms with van der Waals surface area (Å²) in [5.74, 6) is -0.0484. The van der Waals surface area contributed by atoms with E-state index in [4.69, 9.17) is 0 Å². The quantitative estimate of drug-likeness (QED) is 0.753. The number of hydrogen-bond acceptors (Lipinski definition) is 4. The van der Waals surface area contributed by atoms with Crippen molar-refractivity contribution in [3.8, 4) is 0 Å². The van der Waals surface area contributed by atoms with Gasteiger partial charge in [0.05, 0.1) is 5.69 Å². The topological polar surface area (TPSA) is 48.5 Å². The number of carbonyl (C=O) groups is 1. The molecule has 2 heterocycles. The molecule has 1 aliphatic rings. The van der Waals surface area contributed by atoms with Crippen LogP contribution in [0.25, 0.3) is 0 Å². The Morgan fingerprint density at radius 2 is 1.57 bits per heavy atom. The fraction of sp³-hybridized carbons (Fsp3) is 0.182. The summed E-state index contributed by atoms with van der Waals surface area (Å²) in [4.78, 5) is 21.4. The third kappa shape index (κ3) is 3.96. The van der Waals surface area contributed by atoms with Crippen LogP contribution in [-0.4, -0.2) is 37.1 Å². The van der Waals surface area contributed by atoms with Gasteiger partial charge < -0.3 is 15.1 Å². The highest BCUT2D eigenvalue weighted by Crippen LogP contribution is 2.20. The lowest BCUT2D eigenvalue weighted by molar-refractivity contribution is 0.102. The van der Waals surface area contributed by atoms with Gasteiger partial charge in [-0.1, -0.05) is 30.3 Å². The predicted octanol–water partition coefficient (Wildman–Crippen LogP) is 3.80. The molecule has 1 aromatic heterocycles. The van der Waals surface area contributed by atoms with Crippen molar-refractivity contribution in [2.45, 2.75) is 0 Å². The number of halogens is 1. The molecular weight excluding hydrogens is 355 g/mol. The largest absolute Gasteiger partial charge is 0.368 e. The van der Waals surface area contributed by atoms with Gasteiger partial charge in [-0.15, -0.1) is 0 Å². The summed E-state index contributed by atoms with van der Waals surface area (Å²) >= 11 is 0. The minimum absolute atomic E-state index is 0.169. The molecule has 0 bridgehead atoms. The van der Waals surface area contributed by atoms with Crippen LogP contribution in [0.15, 0.2) is 72.9 Å². The molecule has 1 fully saturated rings.